The zero-order valence-electron chi connectivity index (χ0n) is 11.9. The van der Waals surface area contributed by atoms with Crippen molar-refractivity contribution in [1.82, 2.24) is 10.2 Å². The minimum Gasteiger partial charge on any atom is -0.467 e. The van der Waals surface area contributed by atoms with Gasteiger partial charge in [0, 0.05) is 13.0 Å². The van der Waals surface area contributed by atoms with E-state index in [9.17, 15) is 27.6 Å². The molecular weight excluding hydrogens is 293 g/mol. The molecule has 1 atom stereocenters. The van der Waals surface area contributed by atoms with Crippen molar-refractivity contribution >= 4 is 17.8 Å². The zero-order chi connectivity index (χ0) is 16.4. The Kier molecular flexibility index (Phi) is 4.85. The Labute approximate surface area is 119 Å². The number of nitrogens with zero attached hydrogens (tertiary/aromatic N) is 1. The van der Waals surface area contributed by atoms with Crippen LogP contribution >= 0.6 is 0 Å². The van der Waals surface area contributed by atoms with Crippen molar-refractivity contribution in [1.29, 1.82) is 0 Å². The van der Waals surface area contributed by atoms with Crippen LogP contribution in [0, 0.1) is 5.92 Å². The van der Waals surface area contributed by atoms with Gasteiger partial charge in [0.05, 0.1) is 13.0 Å². The molecule has 0 spiro atoms. The van der Waals surface area contributed by atoms with E-state index >= 15 is 0 Å². The van der Waals surface area contributed by atoms with Crippen molar-refractivity contribution in [3.05, 3.63) is 0 Å². The molecule has 0 aromatic carbocycles. The van der Waals surface area contributed by atoms with E-state index in [2.05, 4.69) is 10.1 Å². The lowest BCUT2D eigenvalue weighted by Crippen LogP contribution is -2.52. The number of amides is 2. The monoisotopic (exact) mass is 310 g/mol. The zero-order valence-corrected chi connectivity index (χ0v) is 11.9. The quantitative estimate of drug-likeness (QED) is 0.766. The Hall–Kier alpha value is -1.80. The van der Waals surface area contributed by atoms with E-state index in [1.54, 1.807) is 0 Å². The van der Waals surface area contributed by atoms with Crippen LogP contribution in [0.5, 0.6) is 0 Å². The number of carbonyl (C=O) groups excluding carboxylic acids is 3. The highest BCUT2D eigenvalue weighted by Crippen LogP contribution is 2.24. The van der Waals surface area contributed by atoms with Crippen LogP contribution in [0.25, 0.3) is 0 Å². The van der Waals surface area contributed by atoms with Crippen molar-refractivity contribution in [2.45, 2.75) is 32.0 Å². The van der Waals surface area contributed by atoms with Crippen LogP contribution in [0.3, 0.4) is 0 Å². The minimum absolute atomic E-state index is 0.306. The molecule has 1 aliphatic rings. The number of halogens is 3. The SMILES string of the molecule is COC(=O)C(C)(C)NC(=O)[C@H]1CC(=O)N(CC(F)(F)F)C1. The van der Waals surface area contributed by atoms with Gasteiger partial charge >= 0.3 is 12.1 Å². The number of hydrogen-bond acceptors (Lipinski definition) is 4. The fourth-order valence-corrected chi connectivity index (χ4v) is 2.03. The Morgan fingerprint density at radius 2 is 1.95 bits per heavy atom. The predicted molar refractivity (Wildman–Crippen MR) is 65.0 cm³/mol. The molecule has 120 valence electrons. The van der Waals surface area contributed by atoms with E-state index in [0.29, 0.717) is 4.90 Å². The summed E-state index contributed by atoms with van der Waals surface area (Å²) >= 11 is 0. The van der Waals surface area contributed by atoms with Crippen LogP contribution in [0.4, 0.5) is 13.2 Å². The Morgan fingerprint density at radius 3 is 2.43 bits per heavy atom. The highest BCUT2D eigenvalue weighted by molar-refractivity contribution is 5.92. The molecule has 0 aromatic rings. The van der Waals surface area contributed by atoms with Crippen molar-refractivity contribution in [3.63, 3.8) is 0 Å². The molecule has 0 saturated carbocycles. The molecule has 9 heteroatoms. The van der Waals surface area contributed by atoms with Gasteiger partial charge in [0.1, 0.15) is 12.1 Å². The third-order valence-corrected chi connectivity index (χ3v) is 3.09. The minimum atomic E-state index is -4.51. The van der Waals surface area contributed by atoms with Gasteiger partial charge in [0.15, 0.2) is 0 Å². The van der Waals surface area contributed by atoms with Crippen LogP contribution in [0.1, 0.15) is 20.3 Å². The number of hydrogen-bond donors (Lipinski definition) is 1. The first kappa shape index (κ1) is 17.3. The highest BCUT2D eigenvalue weighted by Gasteiger charge is 2.42. The Morgan fingerprint density at radius 1 is 1.38 bits per heavy atom. The highest BCUT2D eigenvalue weighted by atomic mass is 19.4. The van der Waals surface area contributed by atoms with Gasteiger partial charge in [0.2, 0.25) is 11.8 Å². The van der Waals surface area contributed by atoms with Crippen LogP contribution in [0.15, 0.2) is 0 Å². The predicted octanol–water partition coefficient (Wildman–Crippen LogP) is 0.465. The maximum Gasteiger partial charge on any atom is 0.406 e. The summed E-state index contributed by atoms with van der Waals surface area (Å²) in [6, 6.07) is 0. The van der Waals surface area contributed by atoms with Gasteiger partial charge in [-0.2, -0.15) is 13.2 Å². The molecule has 1 rings (SSSR count). The molecule has 0 radical (unpaired) electrons. The van der Waals surface area contributed by atoms with Gasteiger partial charge in [-0.3, -0.25) is 9.59 Å². The second kappa shape index (κ2) is 5.90. The molecule has 0 unspecified atom stereocenters. The first-order valence-corrected chi connectivity index (χ1v) is 6.21. The second-order valence-corrected chi connectivity index (χ2v) is 5.40. The van der Waals surface area contributed by atoms with Gasteiger partial charge in [-0.1, -0.05) is 0 Å². The second-order valence-electron chi connectivity index (χ2n) is 5.40. The first-order chi connectivity index (χ1) is 9.46. The molecule has 0 bridgehead atoms. The first-order valence-electron chi connectivity index (χ1n) is 6.21. The van der Waals surface area contributed by atoms with Gasteiger partial charge < -0.3 is 15.0 Å². The van der Waals surface area contributed by atoms with Gasteiger partial charge in [-0.25, -0.2) is 4.79 Å². The third-order valence-electron chi connectivity index (χ3n) is 3.09. The van der Waals surface area contributed by atoms with E-state index < -0.39 is 42.0 Å². The van der Waals surface area contributed by atoms with Crippen molar-refractivity contribution in [2.24, 2.45) is 5.92 Å². The third kappa shape index (κ3) is 4.61. The molecule has 2 amide bonds. The molecule has 0 aromatic heterocycles. The number of esters is 1. The fourth-order valence-electron chi connectivity index (χ4n) is 2.03. The molecule has 1 aliphatic heterocycles. The largest absolute Gasteiger partial charge is 0.467 e. The number of alkyl halides is 3. The van der Waals surface area contributed by atoms with Crippen molar-refractivity contribution in [2.75, 3.05) is 20.2 Å². The van der Waals surface area contributed by atoms with Gasteiger partial charge in [-0.15, -0.1) is 0 Å². The number of likely N-dealkylation sites (tertiary alicyclic amines) is 1. The van der Waals surface area contributed by atoms with Crippen LogP contribution in [-0.4, -0.2) is 54.6 Å². The number of ether oxygens (including phenoxy) is 1. The van der Waals surface area contributed by atoms with Crippen LogP contribution in [0.2, 0.25) is 0 Å². The summed E-state index contributed by atoms with van der Waals surface area (Å²) in [5.74, 6) is -2.98. The molecule has 6 nitrogen and oxygen atoms in total. The van der Waals surface area contributed by atoms with Crippen molar-refractivity contribution in [3.8, 4) is 0 Å². The maximum atomic E-state index is 12.3. The Bertz CT molecular complexity index is 448. The summed E-state index contributed by atoms with van der Waals surface area (Å²) in [5, 5.41) is 2.38. The van der Waals surface area contributed by atoms with Gasteiger partial charge in [-0.05, 0) is 13.8 Å². The molecule has 1 N–H and O–H groups in total. The van der Waals surface area contributed by atoms with E-state index in [-0.39, 0.29) is 13.0 Å². The summed E-state index contributed by atoms with van der Waals surface area (Å²) in [6.45, 7) is 1.11. The lowest BCUT2D eigenvalue weighted by Gasteiger charge is -2.25. The standard InChI is InChI=1S/C12H17F3N2O4/c1-11(2,10(20)21-3)16-9(19)7-4-8(18)17(5-7)6-12(13,14)15/h7H,4-6H2,1-3H3,(H,16,19)/t7-/m0/s1. The summed E-state index contributed by atoms with van der Waals surface area (Å²) in [5.41, 5.74) is -1.31. The Balaban J connectivity index is 2.66. The lowest BCUT2D eigenvalue weighted by atomic mass is 10.0. The molecule has 1 fully saturated rings. The molecule has 0 aliphatic carbocycles. The smallest absolute Gasteiger partial charge is 0.406 e. The average Bonchev–Trinajstić information content (AvgIpc) is 2.67. The van der Waals surface area contributed by atoms with E-state index in [4.69, 9.17) is 0 Å². The number of methoxy groups -OCH3 is 1. The molecular formula is C12H17F3N2O4. The van der Waals surface area contributed by atoms with E-state index in [1.807, 2.05) is 0 Å². The number of carbonyl (C=O) groups is 3. The molecule has 1 saturated heterocycles. The topological polar surface area (TPSA) is 75.7 Å². The van der Waals surface area contributed by atoms with E-state index in [1.165, 1.54) is 13.8 Å². The molecule has 1 heterocycles. The van der Waals surface area contributed by atoms with Crippen molar-refractivity contribution < 1.29 is 32.3 Å². The summed E-state index contributed by atoms with van der Waals surface area (Å²) in [6.07, 6.45) is -4.81. The lowest BCUT2D eigenvalue weighted by molar-refractivity contribution is -0.157. The average molecular weight is 310 g/mol. The van der Waals surface area contributed by atoms with Crippen LogP contribution in [-0.2, 0) is 19.1 Å². The molecule has 21 heavy (non-hydrogen) atoms. The normalized spacial score (nSPS) is 19.6. The number of rotatable bonds is 4. The fraction of sp³-hybridized carbons (Fsp3) is 0.750. The summed E-state index contributed by atoms with van der Waals surface area (Å²) < 4.78 is 41.3. The summed E-state index contributed by atoms with van der Waals surface area (Å²) in [7, 11) is 1.15. The van der Waals surface area contributed by atoms with Crippen LogP contribution < -0.4 is 5.32 Å². The summed E-state index contributed by atoms with van der Waals surface area (Å²) in [4.78, 5) is 35.5. The maximum absolute atomic E-state index is 12.3. The number of nitrogens with one attached hydrogen (secondary N) is 1. The van der Waals surface area contributed by atoms with E-state index in [0.717, 1.165) is 7.11 Å². The van der Waals surface area contributed by atoms with Gasteiger partial charge in [0.25, 0.3) is 0 Å².